The van der Waals surface area contributed by atoms with Gasteiger partial charge in [0.15, 0.2) is 0 Å². The summed E-state index contributed by atoms with van der Waals surface area (Å²) in [6.07, 6.45) is 0.579. The zero-order chi connectivity index (χ0) is 15.9. The van der Waals surface area contributed by atoms with Crippen molar-refractivity contribution in [1.82, 2.24) is 5.32 Å². The van der Waals surface area contributed by atoms with E-state index in [1.165, 1.54) is 11.3 Å². The average Bonchev–Trinajstić information content (AvgIpc) is 3.05. The second-order valence-electron chi connectivity index (χ2n) is 5.27. The fourth-order valence-corrected chi connectivity index (χ4v) is 2.42. The summed E-state index contributed by atoms with van der Waals surface area (Å²) in [5.74, 6) is 6.00. The first kappa shape index (κ1) is 15.0. The molecule has 1 aliphatic rings. The van der Waals surface area contributed by atoms with Gasteiger partial charge in [0.05, 0.1) is 6.54 Å². The second kappa shape index (κ2) is 7.37. The van der Waals surface area contributed by atoms with E-state index in [1.54, 1.807) is 0 Å². The first-order chi connectivity index (χ1) is 11.3. The van der Waals surface area contributed by atoms with Crippen LogP contribution in [0, 0.1) is 11.8 Å². The Hall–Kier alpha value is -2.93. The van der Waals surface area contributed by atoms with Crippen LogP contribution in [0.25, 0.3) is 0 Å². The predicted molar refractivity (Wildman–Crippen MR) is 90.1 cm³/mol. The maximum absolute atomic E-state index is 11.6. The molecule has 2 aromatic carbocycles. The van der Waals surface area contributed by atoms with Gasteiger partial charge in [-0.25, -0.2) is 4.79 Å². The van der Waals surface area contributed by atoms with E-state index in [2.05, 4.69) is 28.5 Å². The zero-order valence-electron chi connectivity index (χ0n) is 12.8. The lowest BCUT2D eigenvalue weighted by atomic mass is 10.1. The second-order valence-corrected chi connectivity index (χ2v) is 5.27. The molecule has 0 atom stereocenters. The van der Waals surface area contributed by atoms with Crippen LogP contribution in [0.1, 0.15) is 16.7 Å². The Kier molecular flexibility index (Phi) is 4.80. The third-order valence-electron chi connectivity index (χ3n) is 3.58. The van der Waals surface area contributed by atoms with Crippen LogP contribution >= 0.6 is 0 Å². The number of carbonyl (C=O) groups is 1. The minimum atomic E-state index is -0.457. The predicted octanol–water partition coefficient (Wildman–Crippen LogP) is 2.93. The van der Waals surface area contributed by atoms with Gasteiger partial charge in [-0.1, -0.05) is 42.2 Å². The number of benzene rings is 2. The van der Waals surface area contributed by atoms with E-state index in [-0.39, 0.29) is 13.2 Å². The van der Waals surface area contributed by atoms with E-state index in [1.807, 2.05) is 42.5 Å². The van der Waals surface area contributed by atoms with Crippen LogP contribution in [0.15, 0.2) is 48.5 Å². The minimum absolute atomic E-state index is 0.262. The number of alkyl carbamates (subject to hydrolysis) is 1. The molecule has 0 aliphatic carbocycles. The number of rotatable bonds is 3. The average molecular weight is 306 g/mol. The van der Waals surface area contributed by atoms with Crippen LogP contribution < -0.4 is 10.6 Å². The summed E-state index contributed by atoms with van der Waals surface area (Å²) >= 11 is 0. The lowest BCUT2D eigenvalue weighted by Gasteiger charge is -2.04. The van der Waals surface area contributed by atoms with Crippen molar-refractivity contribution in [2.75, 3.05) is 18.4 Å². The summed E-state index contributed by atoms with van der Waals surface area (Å²) in [4.78, 5) is 11.6. The quantitative estimate of drug-likeness (QED) is 0.857. The fraction of sp³-hybridized carbons (Fsp3) is 0.211. The number of amides is 1. The number of fused-ring (bicyclic) bond motifs is 1. The summed E-state index contributed by atoms with van der Waals surface area (Å²) < 4.78 is 5.11. The Bertz CT molecular complexity index is 745. The molecule has 116 valence electrons. The molecule has 0 radical (unpaired) electrons. The van der Waals surface area contributed by atoms with E-state index in [0.29, 0.717) is 0 Å². The molecule has 23 heavy (non-hydrogen) atoms. The number of ether oxygens (including phenoxy) is 1. The van der Waals surface area contributed by atoms with E-state index >= 15 is 0 Å². The van der Waals surface area contributed by atoms with Crippen LogP contribution in [-0.2, 0) is 17.8 Å². The van der Waals surface area contributed by atoms with Gasteiger partial charge in [0, 0.05) is 17.8 Å². The molecule has 0 saturated heterocycles. The van der Waals surface area contributed by atoms with Gasteiger partial charge >= 0.3 is 6.09 Å². The molecule has 3 rings (SSSR count). The largest absolute Gasteiger partial charge is 0.445 e. The molecule has 1 amide bonds. The van der Waals surface area contributed by atoms with Gasteiger partial charge in [0.2, 0.25) is 0 Å². The molecule has 0 unspecified atom stereocenters. The van der Waals surface area contributed by atoms with Gasteiger partial charge in [0.25, 0.3) is 0 Å². The third-order valence-corrected chi connectivity index (χ3v) is 3.58. The minimum Gasteiger partial charge on any atom is -0.445 e. The molecule has 0 saturated carbocycles. The summed E-state index contributed by atoms with van der Waals surface area (Å²) in [7, 11) is 0. The lowest BCUT2D eigenvalue weighted by Crippen LogP contribution is -2.24. The van der Waals surface area contributed by atoms with E-state index < -0.39 is 6.09 Å². The molecule has 4 heteroatoms. The van der Waals surface area contributed by atoms with Crippen molar-refractivity contribution in [1.29, 1.82) is 0 Å². The number of nitrogens with one attached hydrogen (secondary N) is 2. The van der Waals surface area contributed by atoms with Gasteiger partial charge in [-0.15, -0.1) is 0 Å². The van der Waals surface area contributed by atoms with Crippen molar-refractivity contribution >= 4 is 11.8 Å². The molecule has 0 spiro atoms. The Morgan fingerprint density at radius 1 is 1.22 bits per heavy atom. The molecule has 0 aromatic heterocycles. The smallest absolute Gasteiger partial charge is 0.408 e. The van der Waals surface area contributed by atoms with Crippen molar-refractivity contribution in [3.05, 3.63) is 65.2 Å². The molecular weight excluding hydrogens is 288 g/mol. The van der Waals surface area contributed by atoms with E-state index in [9.17, 15) is 4.79 Å². The topological polar surface area (TPSA) is 50.4 Å². The summed E-state index contributed by atoms with van der Waals surface area (Å²) in [5, 5.41) is 5.94. The molecule has 2 aromatic rings. The summed E-state index contributed by atoms with van der Waals surface area (Å²) in [6.45, 7) is 1.52. The molecule has 2 N–H and O–H groups in total. The zero-order valence-corrected chi connectivity index (χ0v) is 12.8. The summed E-state index contributed by atoms with van der Waals surface area (Å²) in [6, 6.07) is 15.7. The van der Waals surface area contributed by atoms with Crippen LogP contribution in [0.4, 0.5) is 10.5 Å². The lowest BCUT2D eigenvalue weighted by molar-refractivity contribution is 0.141. The van der Waals surface area contributed by atoms with Gasteiger partial charge in [0.1, 0.15) is 6.61 Å². The molecule has 4 nitrogen and oxygen atoms in total. The molecule has 0 fully saturated rings. The highest BCUT2D eigenvalue weighted by Crippen LogP contribution is 2.22. The van der Waals surface area contributed by atoms with Crippen molar-refractivity contribution in [2.45, 2.75) is 13.0 Å². The van der Waals surface area contributed by atoms with Crippen molar-refractivity contribution in [2.24, 2.45) is 0 Å². The summed E-state index contributed by atoms with van der Waals surface area (Å²) in [5.41, 5.74) is 4.41. The first-order valence-electron chi connectivity index (χ1n) is 7.61. The van der Waals surface area contributed by atoms with Crippen LogP contribution in [0.5, 0.6) is 0 Å². The van der Waals surface area contributed by atoms with E-state index in [4.69, 9.17) is 4.74 Å². The Morgan fingerprint density at radius 2 is 2.09 bits per heavy atom. The van der Waals surface area contributed by atoms with E-state index in [0.717, 1.165) is 24.1 Å². The molecular formula is C19H18N2O2. The standard InChI is InChI=1S/C19H18N2O2/c22-19(23-14-16-5-2-1-3-6-16)21-11-4-7-15-8-9-18-17(13-15)10-12-20-18/h1-3,5-6,8-9,13,20H,10-12,14H2,(H,21,22). The maximum atomic E-state index is 11.6. The molecule has 1 heterocycles. The molecule has 1 aliphatic heterocycles. The monoisotopic (exact) mass is 306 g/mol. The van der Waals surface area contributed by atoms with Gasteiger partial charge in [-0.3, -0.25) is 0 Å². The SMILES string of the molecule is O=C(NCC#Cc1ccc2c(c1)CCN2)OCc1ccccc1. The molecule has 0 bridgehead atoms. The maximum Gasteiger partial charge on any atom is 0.408 e. The number of carbonyl (C=O) groups excluding carboxylic acids is 1. The van der Waals surface area contributed by atoms with Crippen molar-refractivity contribution in [3.63, 3.8) is 0 Å². The fourth-order valence-electron chi connectivity index (χ4n) is 2.42. The normalized spacial score (nSPS) is 11.7. The van der Waals surface area contributed by atoms with Gasteiger partial charge < -0.3 is 15.4 Å². The Labute approximate surface area is 135 Å². The Balaban J connectivity index is 1.43. The van der Waals surface area contributed by atoms with Crippen molar-refractivity contribution in [3.8, 4) is 11.8 Å². The highest BCUT2D eigenvalue weighted by molar-refractivity contribution is 5.67. The van der Waals surface area contributed by atoms with Crippen molar-refractivity contribution < 1.29 is 9.53 Å². The van der Waals surface area contributed by atoms with Gasteiger partial charge in [-0.05, 0) is 35.7 Å². The van der Waals surface area contributed by atoms with Gasteiger partial charge in [-0.2, -0.15) is 0 Å². The van der Waals surface area contributed by atoms with Crippen LogP contribution in [0.2, 0.25) is 0 Å². The first-order valence-corrected chi connectivity index (χ1v) is 7.61. The third kappa shape index (κ3) is 4.27. The Morgan fingerprint density at radius 3 is 2.96 bits per heavy atom. The van der Waals surface area contributed by atoms with Crippen LogP contribution in [0.3, 0.4) is 0 Å². The number of hydrogen-bond acceptors (Lipinski definition) is 3. The highest BCUT2D eigenvalue weighted by Gasteiger charge is 2.08. The number of hydrogen-bond donors (Lipinski definition) is 2. The van der Waals surface area contributed by atoms with Crippen LogP contribution in [-0.4, -0.2) is 19.2 Å². The highest BCUT2D eigenvalue weighted by atomic mass is 16.5. The number of anilines is 1.